The van der Waals surface area contributed by atoms with Gasteiger partial charge < -0.3 is 10.5 Å². The van der Waals surface area contributed by atoms with Gasteiger partial charge in [0.05, 0.1) is 12.6 Å². The number of ether oxygens (including phenoxy) is 1. The first-order valence-electron chi connectivity index (χ1n) is 3.56. The molecular formula is C7H9ClN2O2S. The lowest BCUT2D eigenvalue weighted by atomic mass is 10.2. The number of rotatable bonds is 3. The van der Waals surface area contributed by atoms with Gasteiger partial charge in [-0.05, 0) is 0 Å². The van der Waals surface area contributed by atoms with Gasteiger partial charge in [-0.1, -0.05) is 11.6 Å². The predicted molar refractivity (Wildman–Crippen MR) is 50.8 cm³/mol. The van der Waals surface area contributed by atoms with Crippen LogP contribution in [0.2, 0.25) is 5.15 Å². The van der Waals surface area contributed by atoms with Crippen molar-refractivity contribution < 1.29 is 9.53 Å². The monoisotopic (exact) mass is 220 g/mol. The maximum absolute atomic E-state index is 10.9. The largest absolute Gasteiger partial charge is 0.468 e. The number of carbonyl (C=O) groups is 1. The number of nitrogens with zero attached hydrogens (tertiary/aromatic N) is 1. The first-order chi connectivity index (χ1) is 6.15. The van der Waals surface area contributed by atoms with E-state index in [1.165, 1.54) is 18.4 Å². The highest BCUT2D eigenvalue weighted by atomic mass is 35.5. The highest BCUT2D eigenvalue weighted by Gasteiger charge is 2.16. The average Bonchev–Trinajstić information content (AvgIpc) is 2.50. The fourth-order valence-electron chi connectivity index (χ4n) is 0.824. The van der Waals surface area contributed by atoms with E-state index in [0.717, 1.165) is 4.88 Å². The Morgan fingerprint density at radius 1 is 1.92 bits per heavy atom. The van der Waals surface area contributed by atoms with Gasteiger partial charge in [0.15, 0.2) is 0 Å². The summed E-state index contributed by atoms with van der Waals surface area (Å²) in [5.41, 5.74) is 7.15. The van der Waals surface area contributed by atoms with Crippen LogP contribution >= 0.6 is 22.9 Å². The molecule has 0 saturated heterocycles. The van der Waals surface area contributed by atoms with Crippen molar-refractivity contribution in [1.29, 1.82) is 0 Å². The van der Waals surface area contributed by atoms with Gasteiger partial charge in [-0.15, -0.1) is 11.3 Å². The molecule has 1 atom stereocenters. The molecule has 0 spiro atoms. The molecule has 1 aromatic rings. The highest BCUT2D eigenvalue weighted by molar-refractivity contribution is 7.10. The third kappa shape index (κ3) is 2.65. The van der Waals surface area contributed by atoms with Crippen LogP contribution in [0.4, 0.5) is 0 Å². The standard InChI is InChI=1S/C7H9ClN2O2S/c1-12-7(11)4(9)2-5-6(8)10-3-13-5/h3-4H,2,9H2,1H3. The Morgan fingerprint density at radius 2 is 2.62 bits per heavy atom. The summed E-state index contributed by atoms with van der Waals surface area (Å²) in [5, 5.41) is 0.407. The van der Waals surface area contributed by atoms with Crippen LogP contribution in [0.15, 0.2) is 5.51 Å². The highest BCUT2D eigenvalue weighted by Crippen LogP contribution is 2.19. The molecule has 6 heteroatoms. The number of hydrogen-bond acceptors (Lipinski definition) is 5. The van der Waals surface area contributed by atoms with E-state index in [-0.39, 0.29) is 0 Å². The van der Waals surface area contributed by atoms with Gasteiger partial charge >= 0.3 is 5.97 Å². The molecule has 0 aliphatic heterocycles. The van der Waals surface area contributed by atoms with Crippen molar-refractivity contribution in [2.45, 2.75) is 12.5 Å². The third-order valence-corrected chi connectivity index (χ3v) is 2.79. The van der Waals surface area contributed by atoms with Crippen LogP contribution in [0.5, 0.6) is 0 Å². The third-order valence-electron chi connectivity index (χ3n) is 1.50. The van der Waals surface area contributed by atoms with Crippen LogP contribution in [0, 0.1) is 0 Å². The predicted octanol–water partition coefficient (Wildman–Crippen LogP) is 0.839. The summed E-state index contributed by atoms with van der Waals surface area (Å²) in [6.45, 7) is 0. The zero-order valence-electron chi connectivity index (χ0n) is 6.99. The number of hydrogen-bond donors (Lipinski definition) is 1. The fourth-order valence-corrected chi connectivity index (χ4v) is 1.85. The lowest BCUT2D eigenvalue weighted by molar-refractivity contribution is -0.142. The number of nitrogens with two attached hydrogens (primary N) is 1. The van der Waals surface area contributed by atoms with Gasteiger partial charge in [-0.2, -0.15) is 0 Å². The van der Waals surface area contributed by atoms with Gasteiger partial charge in [-0.25, -0.2) is 4.98 Å². The molecule has 1 aromatic heterocycles. The molecule has 1 rings (SSSR count). The van der Waals surface area contributed by atoms with Crippen LogP contribution in [-0.4, -0.2) is 24.1 Å². The van der Waals surface area contributed by atoms with E-state index in [4.69, 9.17) is 17.3 Å². The Hall–Kier alpha value is -0.650. The molecule has 1 heterocycles. The van der Waals surface area contributed by atoms with E-state index in [1.54, 1.807) is 5.51 Å². The van der Waals surface area contributed by atoms with Crippen LogP contribution in [0.3, 0.4) is 0 Å². The topological polar surface area (TPSA) is 65.2 Å². The molecule has 4 nitrogen and oxygen atoms in total. The summed E-state index contributed by atoms with van der Waals surface area (Å²) in [6, 6.07) is -0.664. The molecule has 72 valence electrons. The summed E-state index contributed by atoms with van der Waals surface area (Å²) >= 11 is 7.10. The van der Waals surface area contributed by atoms with Crippen LogP contribution in [0.1, 0.15) is 4.88 Å². The maximum atomic E-state index is 10.9. The summed E-state index contributed by atoms with van der Waals surface area (Å²) in [4.78, 5) is 15.6. The Labute approximate surface area is 84.7 Å². The average molecular weight is 221 g/mol. The minimum atomic E-state index is -0.664. The van der Waals surface area contributed by atoms with Gasteiger partial charge in [0.2, 0.25) is 0 Å². The van der Waals surface area contributed by atoms with E-state index in [0.29, 0.717) is 11.6 Å². The number of carbonyl (C=O) groups excluding carboxylic acids is 1. The van der Waals surface area contributed by atoms with E-state index in [1.807, 2.05) is 0 Å². The van der Waals surface area contributed by atoms with Gasteiger partial charge in [-0.3, -0.25) is 4.79 Å². The molecule has 0 amide bonds. The van der Waals surface area contributed by atoms with Crippen molar-refractivity contribution in [2.24, 2.45) is 5.73 Å². The van der Waals surface area contributed by atoms with Crippen molar-refractivity contribution in [3.63, 3.8) is 0 Å². The fraction of sp³-hybridized carbons (Fsp3) is 0.429. The number of methoxy groups -OCH3 is 1. The van der Waals surface area contributed by atoms with E-state index < -0.39 is 12.0 Å². The van der Waals surface area contributed by atoms with Crippen LogP contribution in [0.25, 0.3) is 0 Å². The Bertz CT molecular complexity index is 302. The first-order valence-corrected chi connectivity index (χ1v) is 4.82. The lowest BCUT2D eigenvalue weighted by Crippen LogP contribution is -2.33. The molecule has 0 radical (unpaired) electrons. The van der Waals surface area contributed by atoms with Gasteiger partial charge in [0.25, 0.3) is 0 Å². The maximum Gasteiger partial charge on any atom is 0.323 e. The Kier molecular flexibility index (Phi) is 3.65. The van der Waals surface area contributed by atoms with E-state index in [2.05, 4.69) is 9.72 Å². The van der Waals surface area contributed by atoms with Gasteiger partial charge in [0, 0.05) is 11.3 Å². The molecule has 1 unspecified atom stereocenters. The molecule has 0 saturated carbocycles. The number of halogens is 1. The van der Waals surface area contributed by atoms with Crippen molar-refractivity contribution in [3.8, 4) is 0 Å². The molecule has 0 aliphatic carbocycles. The Morgan fingerprint density at radius 3 is 3.08 bits per heavy atom. The second-order valence-corrected chi connectivity index (χ2v) is 3.70. The molecule has 0 aromatic carbocycles. The van der Waals surface area contributed by atoms with Crippen molar-refractivity contribution in [3.05, 3.63) is 15.5 Å². The minimum absolute atomic E-state index is 0.371. The zero-order chi connectivity index (χ0) is 9.84. The van der Waals surface area contributed by atoms with Crippen molar-refractivity contribution in [1.82, 2.24) is 4.98 Å². The van der Waals surface area contributed by atoms with E-state index >= 15 is 0 Å². The number of thiazole rings is 1. The molecule has 0 bridgehead atoms. The summed E-state index contributed by atoms with van der Waals surface area (Å²) in [6.07, 6.45) is 0.371. The molecule has 13 heavy (non-hydrogen) atoms. The normalized spacial score (nSPS) is 12.5. The van der Waals surface area contributed by atoms with Crippen LogP contribution in [-0.2, 0) is 16.0 Å². The quantitative estimate of drug-likeness (QED) is 0.767. The van der Waals surface area contributed by atoms with Crippen LogP contribution < -0.4 is 5.73 Å². The van der Waals surface area contributed by atoms with E-state index in [9.17, 15) is 4.79 Å². The minimum Gasteiger partial charge on any atom is -0.468 e. The summed E-state index contributed by atoms with van der Waals surface area (Å²) in [5.74, 6) is -0.440. The SMILES string of the molecule is COC(=O)C(N)Cc1scnc1Cl. The molecule has 2 N–H and O–H groups in total. The smallest absolute Gasteiger partial charge is 0.323 e. The second kappa shape index (κ2) is 4.55. The molecule has 0 aliphatic rings. The van der Waals surface area contributed by atoms with Crippen molar-refractivity contribution in [2.75, 3.05) is 7.11 Å². The van der Waals surface area contributed by atoms with Crippen molar-refractivity contribution >= 4 is 28.9 Å². The molecular weight excluding hydrogens is 212 g/mol. The van der Waals surface area contributed by atoms with Gasteiger partial charge in [0.1, 0.15) is 11.2 Å². The summed E-state index contributed by atoms with van der Waals surface area (Å²) in [7, 11) is 1.30. The number of esters is 1. The second-order valence-electron chi connectivity index (χ2n) is 2.40. The Balaban J connectivity index is 2.59. The first kappa shape index (κ1) is 10.4. The lowest BCUT2D eigenvalue weighted by Gasteiger charge is -2.06. The summed E-state index contributed by atoms with van der Waals surface area (Å²) < 4.78 is 4.48. The number of aromatic nitrogens is 1. The molecule has 0 fully saturated rings. The zero-order valence-corrected chi connectivity index (χ0v) is 8.56.